The third-order valence-electron chi connectivity index (χ3n) is 4.62. The maximum atomic E-state index is 12.3. The average Bonchev–Trinajstić information content (AvgIpc) is 2.65. The van der Waals surface area contributed by atoms with Crippen molar-refractivity contribution >= 4 is 38.9 Å². The van der Waals surface area contributed by atoms with Crippen LogP contribution in [0.3, 0.4) is 0 Å². The molecule has 0 amide bonds. The highest BCUT2D eigenvalue weighted by molar-refractivity contribution is 7.88. The van der Waals surface area contributed by atoms with E-state index >= 15 is 0 Å². The third-order valence-corrected chi connectivity index (χ3v) is 6.57. The third kappa shape index (κ3) is 6.09. The van der Waals surface area contributed by atoms with Gasteiger partial charge in [-0.3, -0.25) is 4.90 Å². The Labute approximate surface area is 170 Å². The number of piperazine rings is 1. The molecular weight excluding hydrogens is 405 g/mol. The zero-order chi connectivity index (χ0) is 19.3. The lowest BCUT2D eigenvalue weighted by Gasteiger charge is -2.36. The molecule has 1 heterocycles. The number of rotatable bonds is 7. The molecule has 0 unspecified atom stereocenters. The smallest absolute Gasteiger partial charge is 0.215 e. The van der Waals surface area contributed by atoms with Gasteiger partial charge in [0, 0.05) is 55.0 Å². The summed E-state index contributed by atoms with van der Waals surface area (Å²) in [6, 6.07) is 14.9. The number of halogens is 2. The molecule has 8 heteroatoms. The van der Waals surface area contributed by atoms with Crippen LogP contribution in [0.1, 0.15) is 5.56 Å². The number of nitrogens with one attached hydrogen (secondary N) is 1. The molecule has 2 aromatic rings. The molecule has 0 atom stereocenters. The van der Waals surface area contributed by atoms with E-state index < -0.39 is 10.0 Å². The van der Waals surface area contributed by atoms with Crippen LogP contribution in [0.15, 0.2) is 48.5 Å². The van der Waals surface area contributed by atoms with E-state index in [4.69, 9.17) is 23.2 Å². The van der Waals surface area contributed by atoms with Gasteiger partial charge < -0.3 is 4.90 Å². The summed E-state index contributed by atoms with van der Waals surface area (Å²) in [6.07, 6.45) is 0. The molecule has 5 nitrogen and oxygen atoms in total. The summed E-state index contributed by atoms with van der Waals surface area (Å²) in [5, 5.41) is 1.21. The summed E-state index contributed by atoms with van der Waals surface area (Å²) in [5.41, 5.74) is 1.78. The summed E-state index contributed by atoms with van der Waals surface area (Å²) < 4.78 is 27.2. The SMILES string of the molecule is O=S(=O)(Cc1ccccc1Cl)NCCN1CCN(c2ccc(Cl)cc2)CC1. The Balaban J connectivity index is 1.42. The summed E-state index contributed by atoms with van der Waals surface area (Å²) in [7, 11) is -3.40. The Bertz CT molecular complexity index is 852. The van der Waals surface area contributed by atoms with Gasteiger partial charge in [0.15, 0.2) is 0 Å². The normalized spacial score (nSPS) is 15.9. The maximum absolute atomic E-state index is 12.3. The van der Waals surface area contributed by atoms with Crippen molar-refractivity contribution in [3.05, 3.63) is 64.1 Å². The lowest BCUT2D eigenvalue weighted by Crippen LogP contribution is -2.48. The van der Waals surface area contributed by atoms with E-state index in [9.17, 15) is 8.42 Å². The minimum absolute atomic E-state index is 0.100. The zero-order valence-electron chi connectivity index (χ0n) is 14.9. The first-order chi connectivity index (χ1) is 12.9. The number of sulfonamides is 1. The predicted octanol–water partition coefficient (Wildman–Crippen LogP) is 3.24. The van der Waals surface area contributed by atoms with Crippen molar-refractivity contribution in [3.8, 4) is 0 Å². The molecule has 1 saturated heterocycles. The van der Waals surface area contributed by atoms with Crippen molar-refractivity contribution in [1.82, 2.24) is 9.62 Å². The van der Waals surface area contributed by atoms with E-state index in [1.807, 2.05) is 24.3 Å². The van der Waals surface area contributed by atoms with Crippen LogP contribution in [0.25, 0.3) is 0 Å². The minimum Gasteiger partial charge on any atom is -0.369 e. The maximum Gasteiger partial charge on any atom is 0.215 e. The molecule has 0 spiro atoms. The van der Waals surface area contributed by atoms with Crippen LogP contribution in [-0.2, 0) is 15.8 Å². The second kappa shape index (κ2) is 9.26. The Kier molecular flexibility index (Phi) is 7.00. The fraction of sp³-hybridized carbons (Fsp3) is 0.368. The second-order valence-electron chi connectivity index (χ2n) is 6.55. The van der Waals surface area contributed by atoms with Gasteiger partial charge in [0.25, 0.3) is 0 Å². The Morgan fingerprint density at radius 3 is 2.26 bits per heavy atom. The summed E-state index contributed by atoms with van der Waals surface area (Å²) in [5.74, 6) is -0.100. The van der Waals surface area contributed by atoms with Gasteiger partial charge >= 0.3 is 0 Å². The van der Waals surface area contributed by atoms with Crippen LogP contribution < -0.4 is 9.62 Å². The van der Waals surface area contributed by atoms with Crippen molar-refractivity contribution < 1.29 is 8.42 Å². The van der Waals surface area contributed by atoms with E-state index in [1.54, 1.807) is 24.3 Å². The zero-order valence-corrected chi connectivity index (χ0v) is 17.3. The van der Waals surface area contributed by atoms with Crippen molar-refractivity contribution in [1.29, 1.82) is 0 Å². The van der Waals surface area contributed by atoms with Crippen molar-refractivity contribution in [2.45, 2.75) is 5.75 Å². The quantitative estimate of drug-likeness (QED) is 0.736. The van der Waals surface area contributed by atoms with Crippen LogP contribution in [0.2, 0.25) is 10.0 Å². The van der Waals surface area contributed by atoms with Crippen LogP contribution in [-0.4, -0.2) is 52.6 Å². The van der Waals surface area contributed by atoms with Crippen molar-refractivity contribution in [2.75, 3.05) is 44.2 Å². The van der Waals surface area contributed by atoms with E-state index in [0.29, 0.717) is 23.7 Å². The van der Waals surface area contributed by atoms with Crippen LogP contribution in [0.4, 0.5) is 5.69 Å². The molecule has 0 aliphatic carbocycles. The van der Waals surface area contributed by atoms with Gasteiger partial charge in [0.05, 0.1) is 5.75 Å². The molecule has 0 radical (unpaired) electrons. The molecule has 1 fully saturated rings. The number of hydrogen-bond acceptors (Lipinski definition) is 4. The number of anilines is 1. The van der Waals surface area contributed by atoms with E-state index in [0.717, 1.165) is 31.2 Å². The summed E-state index contributed by atoms with van der Waals surface area (Å²) >= 11 is 12.0. The second-order valence-corrected chi connectivity index (χ2v) is 9.20. The lowest BCUT2D eigenvalue weighted by atomic mass is 10.2. The van der Waals surface area contributed by atoms with Gasteiger partial charge in [0.2, 0.25) is 10.0 Å². The van der Waals surface area contributed by atoms with Gasteiger partial charge in [0.1, 0.15) is 0 Å². The molecule has 0 saturated carbocycles. The number of hydrogen-bond donors (Lipinski definition) is 1. The largest absolute Gasteiger partial charge is 0.369 e. The molecule has 1 N–H and O–H groups in total. The van der Waals surface area contributed by atoms with Gasteiger partial charge in [-0.2, -0.15) is 0 Å². The Morgan fingerprint density at radius 1 is 0.926 bits per heavy atom. The summed E-state index contributed by atoms with van der Waals surface area (Å²) in [4.78, 5) is 4.58. The molecule has 3 rings (SSSR count). The summed E-state index contributed by atoms with van der Waals surface area (Å²) in [6.45, 7) is 4.70. The lowest BCUT2D eigenvalue weighted by molar-refractivity contribution is 0.262. The molecule has 0 bridgehead atoms. The van der Waals surface area contributed by atoms with Crippen LogP contribution >= 0.6 is 23.2 Å². The molecule has 1 aliphatic heterocycles. The fourth-order valence-corrected chi connectivity index (χ4v) is 4.69. The van der Waals surface area contributed by atoms with E-state index in [1.165, 1.54) is 5.69 Å². The highest BCUT2D eigenvalue weighted by Crippen LogP contribution is 2.19. The monoisotopic (exact) mass is 427 g/mol. The molecule has 2 aromatic carbocycles. The molecule has 0 aromatic heterocycles. The van der Waals surface area contributed by atoms with Gasteiger partial charge in [-0.15, -0.1) is 0 Å². The number of benzene rings is 2. The Morgan fingerprint density at radius 2 is 1.59 bits per heavy atom. The molecule has 1 aliphatic rings. The first-order valence-corrected chi connectivity index (χ1v) is 11.3. The predicted molar refractivity (Wildman–Crippen MR) is 112 cm³/mol. The van der Waals surface area contributed by atoms with E-state index in [-0.39, 0.29) is 5.75 Å². The van der Waals surface area contributed by atoms with Gasteiger partial charge in [-0.1, -0.05) is 41.4 Å². The Hall–Kier alpha value is -1.31. The van der Waals surface area contributed by atoms with Gasteiger partial charge in [-0.25, -0.2) is 13.1 Å². The minimum atomic E-state index is -3.40. The first-order valence-electron chi connectivity index (χ1n) is 8.86. The van der Waals surface area contributed by atoms with Crippen LogP contribution in [0.5, 0.6) is 0 Å². The highest BCUT2D eigenvalue weighted by Gasteiger charge is 2.18. The van der Waals surface area contributed by atoms with Crippen molar-refractivity contribution in [2.24, 2.45) is 0 Å². The topological polar surface area (TPSA) is 52.7 Å². The standard InChI is InChI=1S/C19H23Cl2N3O2S/c20-17-5-7-18(8-6-17)24-13-11-23(12-14-24)10-9-22-27(25,26)15-16-3-1-2-4-19(16)21/h1-8,22H,9-15H2. The number of nitrogens with zero attached hydrogens (tertiary/aromatic N) is 2. The van der Waals surface area contributed by atoms with Gasteiger partial charge in [-0.05, 0) is 35.9 Å². The van der Waals surface area contributed by atoms with E-state index in [2.05, 4.69) is 14.5 Å². The average molecular weight is 428 g/mol. The highest BCUT2D eigenvalue weighted by atomic mass is 35.5. The first kappa shape index (κ1) is 20.4. The molecule has 27 heavy (non-hydrogen) atoms. The van der Waals surface area contributed by atoms with Crippen LogP contribution in [0, 0.1) is 0 Å². The molecular formula is C19H23Cl2N3O2S. The van der Waals surface area contributed by atoms with Crippen molar-refractivity contribution in [3.63, 3.8) is 0 Å². The fourth-order valence-electron chi connectivity index (χ4n) is 3.11. The molecule has 146 valence electrons.